The van der Waals surface area contributed by atoms with E-state index in [0.717, 1.165) is 0 Å². The summed E-state index contributed by atoms with van der Waals surface area (Å²) >= 11 is 0. The molecule has 0 saturated carbocycles. The van der Waals surface area contributed by atoms with E-state index in [1.807, 2.05) is 0 Å². The zero-order valence-corrected chi connectivity index (χ0v) is 14.8. The predicted molar refractivity (Wildman–Crippen MR) is 94.9 cm³/mol. The molecule has 2 aromatic rings. The van der Waals surface area contributed by atoms with Gasteiger partial charge in [-0.05, 0) is 18.2 Å². The van der Waals surface area contributed by atoms with Crippen LogP contribution >= 0.6 is 0 Å². The number of nitrogens with two attached hydrogens (primary N) is 1. The van der Waals surface area contributed by atoms with Crippen LogP contribution < -0.4 is 10.6 Å². The molecule has 2 amide bonds. The minimum absolute atomic E-state index is 0.158. The van der Waals surface area contributed by atoms with E-state index in [1.165, 1.54) is 15.3 Å². The first kappa shape index (κ1) is 17.4. The molecule has 0 atom stereocenters. The van der Waals surface area contributed by atoms with Crippen molar-refractivity contribution in [2.45, 2.75) is 18.7 Å². The molecule has 1 heterocycles. The van der Waals surface area contributed by atoms with Gasteiger partial charge in [-0.3, -0.25) is 14.5 Å². The Morgan fingerprint density at radius 3 is 2.44 bits per heavy atom. The van der Waals surface area contributed by atoms with Gasteiger partial charge in [-0.15, -0.1) is 0 Å². The molecule has 0 radical (unpaired) electrons. The third-order valence-electron chi connectivity index (χ3n) is 4.38. The molecule has 0 bridgehead atoms. The fraction of sp³-hybridized carbons (Fsp3) is 0.294. The highest BCUT2D eigenvalue weighted by molar-refractivity contribution is 7.89. The van der Waals surface area contributed by atoms with Gasteiger partial charge in [0.05, 0.1) is 10.6 Å². The number of rotatable bonds is 6. The van der Waals surface area contributed by atoms with Crippen molar-refractivity contribution >= 4 is 38.3 Å². The second-order valence-corrected chi connectivity index (χ2v) is 7.66. The van der Waals surface area contributed by atoms with Crippen LogP contribution in [0.4, 0.5) is 5.69 Å². The predicted octanol–water partition coefficient (Wildman–Crippen LogP) is 1.32. The lowest BCUT2D eigenvalue weighted by Crippen LogP contribution is -2.35. The number of hydrogen-bond donors (Lipinski definition) is 1. The molecule has 1 aliphatic rings. The molecule has 132 valence electrons. The SMILES string of the molecule is CCN(CC)S(=O)(=O)c1ccc2c3c(cccc13)C(=O)N2CC(N)=O. The standard InChI is InChI=1S/C17H19N3O4S/c1-3-19(4-2)25(23,24)14-9-8-13-16-11(14)6-5-7-12(16)17(22)20(13)10-15(18)21/h5-9H,3-4,10H2,1-2H3,(H2,18,21). The largest absolute Gasteiger partial charge is 0.368 e. The van der Waals surface area contributed by atoms with E-state index in [4.69, 9.17) is 5.73 Å². The van der Waals surface area contributed by atoms with Crippen LogP contribution in [0.15, 0.2) is 35.2 Å². The Labute approximate surface area is 146 Å². The summed E-state index contributed by atoms with van der Waals surface area (Å²) in [5.74, 6) is -0.981. The number of benzene rings is 2. The third kappa shape index (κ3) is 2.58. The Morgan fingerprint density at radius 1 is 1.16 bits per heavy atom. The van der Waals surface area contributed by atoms with Crippen molar-refractivity contribution in [1.29, 1.82) is 0 Å². The van der Waals surface area contributed by atoms with Gasteiger partial charge in [-0.2, -0.15) is 4.31 Å². The second-order valence-electron chi connectivity index (χ2n) is 5.76. The molecular formula is C17H19N3O4S. The first-order valence-corrected chi connectivity index (χ1v) is 9.43. The number of anilines is 1. The Balaban J connectivity index is 2.27. The molecule has 0 saturated heterocycles. The van der Waals surface area contributed by atoms with Crippen LogP contribution in [0, 0.1) is 0 Å². The molecule has 2 N–H and O–H groups in total. The number of carbonyl (C=O) groups excluding carboxylic acids is 2. The normalized spacial score (nSPS) is 13.9. The van der Waals surface area contributed by atoms with Crippen LogP contribution in [0.3, 0.4) is 0 Å². The molecule has 7 nitrogen and oxygen atoms in total. The maximum atomic E-state index is 12.9. The van der Waals surface area contributed by atoms with Crippen molar-refractivity contribution in [3.8, 4) is 0 Å². The molecule has 0 aromatic heterocycles. The summed E-state index contributed by atoms with van der Waals surface area (Å²) in [5, 5.41) is 1.02. The summed E-state index contributed by atoms with van der Waals surface area (Å²) in [6, 6.07) is 8.01. The maximum Gasteiger partial charge on any atom is 0.259 e. The number of carbonyl (C=O) groups is 2. The van der Waals surface area contributed by atoms with Gasteiger partial charge < -0.3 is 5.73 Å². The Kier molecular flexibility index (Phi) is 4.26. The van der Waals surface area contributed by atoms with E-state index in [2.05, 4.69) is 0 Å². The number of hydrogen-bond acceptors (Lipinski definition) is 4. The Hall–Kier alpha value is -2.45. The number of nitrogens with zero attached hydrogens (tertiary/aromatic N) is 2. The van der Waals surface area contributed by atoms with Gasteiger partial charge in [0, 0.05) is 29.4 Å². The van der Waals surface area contributed by atoms with E-state index >= 15 is 0 Å². The van der Waals surface area contributed by atoms with Crippen molar-refractivity contribution < 1.29 is 18.0 Å². The van der Waals surface area contributed by atoms with Gasteiger partial charge in [0.1, 0.15) is 6.54 Å². The smallest absolute Gasteiger partial charge is 0.259 e. The minimum atomic E-state index is -3.68. The van der Waals surface area contributed by atoms with E-state index in [-0.39, 0.29) is 17.3 Å². The van der Waals surface area contributed by atoms with Crippen LogP contribution in [0.5, 0.6) is 0 Å². The summed E-state index contributed by atoms with van der Waals surface area (Å²) in [4.78, 5) is 25.3. The average Bonchev–Trinajstić information content (AvgIpc) is 2.83. The highest BCUT2D eigenvalue weighted by Crippen LogP contribution is 2.40. The fourth-order valence-corrected chi connectivity index (χ4v) is 4.91. The summed E-state index contributed by atoms with van der Waals surface area (Å²) in [5.41, 5.74) is 6.12. The molecule has 0 spiro atoms. The van der Waals surface area contributed by atoms with Crippen LogP contribution in [0.2, 0.25) is 0 Å². The molecule has 8 heteroatoms. The molecular weight excluding hydrogens is 342 g/mol. The maximum absolute atomic E-state index is 12.9. The van der Waals surface area contributed by atoms with Gasteiger partial charge in [-0.25, -0.2) is 8.42 Å². The molecule has 2 aromatic carbocycles. The summed E-state index contributed by atoms with van der Waals surface area (Å²) in [7, 11) is -3.68. The van der Waals surface area contributed by atoms with E-state index in [1.54, 1.807) is 38.1 Å². The topological polar surface area (TPSA) is 101 Å². The van der Waals surface area contributed by atoms with E-state index in [0.29, 0.717) is 35.1 Å². The van der Waals surface area contributed by atoms with E-state index in [9.17, 15) is 18.0 Å². The molecule has 0 unspecified atom stereocenters. The molecule has 1 aliphatic heterocycles. The zero-order valence-electron chi connectivity index (χ0n) is 14.0. The number of primary amides is 1. The Bertz CT molecular complexity index is 981. The highest BCUT2D eigenvalue weighted by atomic mass is 32.2. The monoisotopic (exact) mass is 361 g/mol. The summed E-state index contributed by atoms with van der Waals surface area (Å²) in [6.07, 6.45) is 0. The van der Waals surface area contributed by atoms with E-state index < -0.39 is 15.9 Å². The summed E-state index contributed by atoms with van der Waals surface area (Å²) in [6.45, 7) is 4.02. The zero-order chi connectivity index (χ0) is 18.4. The highest BCUT2D eigenvalue weighted by Gasteiger charge is 2.33. The Morgan fingerprint density at radius 2 is 1.84 bits per heavy atom. The molecule has 0 fully saturated rings. The van der Waals surface area contributed by atoms with Crippen LogP contribution in [0.25, 0.3) is 10.8 Å². The van der Waals surface area contributed by atoms with Gasteiger partial charge in [0.15, 0.2) is 0 Å². The minimum Gasteiger partial charge on any atom is -0.368 e. The molecule has 25 heavy (non-hydrogen) atoms. The van der Waals surface area contributed by atoms with Crippen molar-refractivity contribution in [2.24, 2.45) is 5.73 Å². The lowest BCUT2D eigenvalue weighted by Gasteiger charge is -2.20. The first-order valence-electron chi connectivity index (χ1n) is 7.99. The van der Waals surface area contributed by atoms with Gasteiger partial charge in [-0.1, -0.05) is 26.0 Å². The lowest BCUT2D eigenvalue weighted by molar-refractivity contribution is -0.116. The van der Waals surface area contributed by atoms with Crippen LogP contribution in [-0.2, 0) is 14.8 Å². The van der Waals surface area contributed by atoms with Crippen molar-refractivity contribution in [1.82, 2.24) is 4.31 Å². The molecule has 3 rings (SSSR count). The second kappa shape index (κ2) is 6.12. The summed E-state index contributed by atoms with van der Waals surface area (Å²) < 4.78 is 27.3. The number of sulfonamides is 1. The fourth-order valence-electron chi connectivity index (χ4n) is 3.26. The van der Waals surface area contributed by atoms with Crippen LogP contribution in [0.1, 0.15) is 24.2 Å². The van der Waals surface area contributed by atoms with Crippen molar-refractivity contribution in [3.63, 3.8) is 0 Å². The average molecular weight is 361 g/mol. The van der Waals surface area contributed by atoms with Gasteiger partial charge in [0.2, 0.25) is 15.9 Å². The quantitative estimate of drug-likeness (QED) is 0.838. The number of amides is 2. The van der Waals surface area contributed by atoms with Crippen LogP contribution in [-0.4, -0.2) is 44.2 Å². The van der Waals surface area contributed by atoms with Crippen molar-refractivity contribution in [2.75, 3.05) is 24.5 Å². The first-order chi connectivity index (χ1) is 11.8. The molecule has 0 aliphatic carbocycles. The van der Waals surface area contributed by atoms with Gasteiger partial charge in [0.25, 0.3) is 5.91 Å². The third-order valence-corrected chi connectivity index (χ3v) is 6.49. The van der Waals surface area contributed by atoms with Crippen molar-refractivity contribution in [3.05, 3.63) is 35.9 Å². The lowest BCUT2D eigenvalue weighted by atomic mass is 10.1. The van der Waals surface area contributed by atoms with Gasteiger partial charge >= 0.3 is 0 Å².